The van der Waals surface area contributed by atoms with Crippen LogP contribution in [-0.2, 0) is 6.54 Å². The van der Waals surface area contributed by atoms with E-state index in [2.05, 4.69) is 4.98 Å². The monoisotopic (exact) mass is 350 g/mol. The zero-order valence-electron chi connectivity index (χ0n) is 13.8. The van der Waals surface area contributed by atoms with Crippen LogP contribution in [0.1, 0.15) is 5.56 Å². The number of methoxy groups -OCH3 is 2. The van der Waals surface area contributed by atoms with Gasteiger partial charge in [0.15, 0.2) is 23.1 Å². The summed E-state index contributed by atoms with van der Waals surface area (Å²) in [6.07, 6.45) is 1.47. The maximum Gasteiger partial charge on any atom is 0.329 e. The average Bonchev–Trinajstić information content (AvgIpc) is 2.60. The molecule has 1 aliphatic heterocycles. The molecule has 2 amide bonds. The maximum absolute atomic E-state index is 14.7. The minimum absolute atomic E-state index is 0.0735. The van der Waals surface area contributed by atoms with Gasteiger partial charge in [-0.15, -0.1) is 0 Å². The number of aromatic nitrogens is 1. The van der Waals surface area contributed by atoms with Crippen LogP contribution < -0.4 is 25.0 Å². The quantitative estimate of drug-likeness (QED) is 0.920. The molecule has 0 aliphatic carbocycles. The molecule has 0 atom stereocenters. The van der Waals surface area contributed by atoms with Crippen molar-refractivity contribution in [2.75, 3.05) is 36.8 Å². The Bertz CT molecular complexity index is 832. The van der Waals surface area contributed by atoms with Crippen molar-refractivity contribution in [2.45, 2.75) is 6.54 Å². The van der Waals surface area contributed by atoms with E-state index in [4.69, 9.17) is 15.2 Å². The van der Waals surface area contributed by atoms with E-state index in [1.54, 1.807) is 0 Å². The summed E-state index contributed by atoms with van der Waals surface area (Å²) in [5, 5.41) is 0. The predicted molar refractivity (Wildman–Crippen MR) is 88.1 cm³/mol. The van der Waals surface area contributed by atoms with Gasteiger partial charge < -0.3 is 15.2 Å². The first kappa shape index (κ1) is 16.7. The van der Waals surface area contributed by atoms with Gasteiger partial charge in [-0.05, 0) is 0 Å². The third kappa shape index (κ3) is 2.57. The maximum atomic E-state index is 14.7. The number of nitrogen functional groups attached to an aromatic ring is 1. The number of fused-ring (bicyclic) bond motifs is 1. The van der Waals surface area contributed by atoms with Crippen LogP contribution in [0.15, 0.2) is 18.3 Å². The summed E-state index contributed by atoms with van der Waals surface area (Å²) < 4.78 is 39.3. The number of benzene rings is 1. The van der Waals surface area contributed by atoms with Crippen molar-refractivity contribution >= 4 is 23.2 Å². The van der Waals surface area contributed by atoms with E-state index >= 15 is 0 Å². The van der Waals surface area contributed by atoms with Crippen LogP contribution in [0, 0.1) is 11.6 Å². The normalized spacial score (nSPS) is 13.7. The Morgan fingerprint density at radius 2 is 1.76 bits per heavy atom. The van der Waals surface area contributed by atoms with Crippen molar-refractivity contribution in [1.29, 1.82) is 0 Å². The lowest BCUT2D eigenvalue weighted by Gasteiger charge is -2.35. The Morgan fingerprint density at radius 3 is 2.32 bits per heavy atom. The first-order valence-corrected chi connectivity index (χ1v) is 7.28. The SMILES string of the molecule is COc1cc(OC)c(F)c(N2Cc3cnc(N)cc3N(C)C2=O)c1F. The molecule has 9 heteroatoms. The van der Waals surface area contributed by atoms with E-state index in [0.717, 1.165) is 11.0 Å². The molecule has 0 spiro atoms. The molecule has 0 saturated heterocycles. The molecule has 2 N–H and O–H groups in total. The van der Waals surface area contributed by atoms with Gasteiger partial charge in [-0.2, -0.15) is 0 Å². The molecule has 0 bridgehead atoms. The number of ether oxygens (including phenoxy) is 2. The smallest absolute Gasteiger partial charge is 0.329 e. The van der Waals surface area contributed by atoms with Crippen LogP contribution in [0.25, 0.3) is 0 Å². The molecule has 25 heavy (non-hydrogen) atoms. The lowest BCUT2D eigenvalue weighted by molar-refractivity contribution is 0.250. The number of amides is 2. The number of carbonyl (C=O) groups is 1. The van der Waals surface area contributed by atoms with Gasteiger partial charge >= 0.3 is 6.03 Å². The summed E-state index contributed by atoms with van der Waals surface area (Å²) in [5.74, 6) is -2.20. The lowest BCUT2D eigenvalue weighted by atomic mass is 10.1. The number of nitrogens with two attached hydrogens (primary N) is 1. The van der Waals surface area contributed by atoms with E-state index in [-0.39, 0.29) is 23.9 Å². The van der Waals surface area contributed by atoms with Crippen LogP contribution >= 0.6 is 0 Å². The van der Waals surface area contributed by atoms with Crippen molar-refractivity contribution in [3.8, 4) is 11.5 Å². The second-order valence-corrected chi connectivity index (χ2v) is 5.42. The summed E-state index contributed by atoms with van der Waals surface area (Å²) >= 11 is 0. The summed E-state index contributed by atoms with van der Waals surface area (Å²) in [7, 11) is 3.97. The molecule has 0 radical (unpaired) electrons. The van der Waals surface area contributed by atoms with Gasteiger partial charge in [-0.1, -0.05) is 0 Å². The summed E-state index contributed by atoms with van der Waals surface area (Å²) in [4.78, 5) is 18.9. The van der Waals surface area contributed by atoms with Crippen molar-refractivity contribution in [3.05, 3.63) is 35.5 Å². The number of anilines is 3. The molecule has 3 rings (SSSR count). The highest BCUT2D eigenvalue weighted by Gasteiger charge is 2.35. The second-order valence-electron chi connectivity index (χ2n) is 5.42. The van der Waals surface area contributed by atoms with Gasteiger partial charge in [0.1, 0.15) is 11.5 Å². The molecule has 0 saturated carbocycles. The summed E-state index contributed by atoms with van der Waals surface area (Å²) in [6.45, 7) is -0.0735. The van der Waals surface area contributed by atoms with Crippen LogP contribution in [0.3, 0.4) is 0 Å². The minimum Gasteiger partial charge on any atom is -0.493 e. The zero-order valence-corrected chi connectivity index (χ0v) is 13.8. The lowest BCUT2D eigenvalue weighted by Crippen LogP contribution is -2.46. The van der Waals surface area contributed by atoms with Crippen molar-refractivity contribution < 1.29 is 23.0 Å². The van der Waals surface area contributed by atoms with Gasteiger partial charge in [-0.25, -0.2) is 18.6 Å². The Hall–Kier alpha value is -3.10. The van der Waals surface area contributed by atoms with Crippen molar-refractivity contribution in [2.24, 2.45) is 0 Å². The van der Waals surface area contributed by atoms with E-state index in [9.17, 15) is 13.6 Å². The molecule has 1 aliphatic rings. The van der Waals surface area contributed by atoms with Gasteiger partial charge in [0.25, 0.3) is 0 Å². The molecule has 1 aromatic carbocycles. The van der Waals surface area contributed by atoms with Gasteiger partial charge in [-0.3, -0.25) is 9.80 Å². The van der Waals surface area contributed by atoms with Gasteiger partial charge in [0.05, 0.1) is 26.5 Å². The summed E-state index contributed by atoms with van der Waals surface area (Å²) in [6, 6.07) is 2.00. The van der Waals surface area contributed by atoms with Crippen LogP contribution in [-0.4, -0.2) is 32.3 Å². The molecule has 132 valence electrons. The Labute approximate surface area is 142 Å². The number of nitrogens with zero attached hydrogens (tertiary/aromatic N) is 3. The number of rotatable bonds is 3. The van der Waals surface area contributed by atoms with Crippen molar-refractivity contribution in [3.63, 3.8) is 0 Å². The molecule has 2 heterocycles. The highest BCUT2D eigenvalue weighted by molar-refractivity contribution is 6.06. The third-order valence-corrected chi connectivity index (χ3v) is 4.01. The summed E-state index contributed by atoms with van der Waals surface area (Å²) in [5.41, 5.74) is 6.22. The topological polar surface area (TPSA) is 80.9 Å². The number of urea groups is 1. The molecular formula is C16H16F2N4O3. The van der Waals surface area contributed by atoms with Crippen LogP contribution in [0.5, 0.6) is 11.5 Å². The van der Waals surface area contributed by atoms with Gasteiger partial charge in [0, 0.05) is 30.9 Å². The Morgan fingerprint density at radius 1 is 1.16 bits per heavy atom. The highest BCUT2D eigenvalue weighted by atomic mass is 19.1. The van der Waals surface area contributed by atoms with Crippen LogP contribution in [0.4, 0.5) is 30.8 Å². The largest absolute Gasteiger partial charge is 0.493 e. The fourth-order valence-electron chi connectivity index (χ4n) is 2.73. The first-order chi connectivity index (χ1) is 11.9. The first-order valence-electron chi connectivity index (χ1n) is 7.28. The van der Waals surface area contributed by atoms with E-state index < -0.39 is 23.4 Å². The number of pyridine rings is 1. The Balaban J connectivity index is 2.17. The number of hydrogen-bond donors (Lipinski definition) is 1. The van der Waals surface area contributed by atoms with Crippen molar-refractivity contribution in [1.82, 2.24) is 4.98 Å². The van der Waals surface area contributed by atoms with E-state index in [0.29, 0.717) is 11.3 Å². The fraction of sp³-hybridized carbons (Fsp3) is 0.250. The molecule has 7 nitrogen and oxygen atoms in total. The number of carbonyl (C=O) groups excluding carboxylic acids is 1. The minimum atomic E-state index is -0.991. The molecule has 2 aromatic rings. The van der Waals surface area contributed by atoms with E-state index in [1.807, 2.05) is 0 Å². The zero-order chi connectivity index (χ0) is 18.3. The van der Waals surface area contributed by atoms with Crippen LogP contribution in [0.2, 0.25) is 0 Å². The molecule has 1 aromatic heterocycles. The fourth-order valence-corrected chi connectivity index (χ4v) is 2.73. The highest BCUT2D eigenvalue weighted by Crippen LogP contribution is 2.40. The standard InChI is InChI=1S/C16H16F2N4O3/c1-21-9-4-12(19)20-6-8(9)7-22(16(21)23)15-13(17)10(24-2)5-11(25-3)14(15)18/h4-6H,7H2,1-3H3,(H2,19,20). The Kier molecular flexibility index (Phi) is 4.07. The molecule has 0 unspecified atom stereocenters. The number of hydrogen-bond acceptors (Lipinski definition) is 5. The van der Waals surface area contributed by atoms with Gasteiger partial charge in [0.2, 0.25) is 0 Å². The predicted octanol–water partition coefficient (Wildman–Crippen LogP) is 2.54. The van der Waals surface area contributed by atoms with E-state index in [1.165, 1.54) is 38.4 Å². The third-order valence-electron chi connectivity index (χ3n) is 4.01. The second kappa shape index (κ2) is 6.08. The molecule has 0 fully saturated rings. The molecular weight excluding hydrogens is 334 g/mol. The average molecular weight is 350 g/mol. The number of halogens is 2.